The Hall–Kier alpha value is -0.860. The molecule has 16 heavy (non-hydrogen) atoms. The molecule has 0 spiro atoms. The van der Waals surface area contributed by atoms with E-state index in [9.17, 15) is 5.11 Å². The van der Waals surface area contributed by atoms with Gasteiger partial charge in [0.2, 0.25) is 0 Å². The van der Waals surface area contributed by atoms with E-state index in [0.29, 0.717) is 6.61 Å². The minimum atomic E-state index is 0.0910. The molecule has 1 fully saturated rings. The minimum Gasteiger partial charge on any atom is -0.395 e. The normalized spacial score (nSPS) is 18.6. The molecule has 0 aliphatic heterocycles. The molecule has 0 saturated heterocycles. The fraction of sp³-hybridized carbons (Fsp3) is 0.429. The van der Waals surface area contributed by atoms with Crippen molar-refractivity contribution in [3.63, 3.8) is 0 Å². The SMILES string of the molecule is Cc1c(C2(CO)CCC2)sc2ccccc12. The third-order valence-corrected chi connectivity index (χ3v) is 5.46. The van der Waals surface area contributed by atoms with Gasteiger partial charge in [-0.15, -0.1) is 11.3 Å². The van der Waals surface area contributed by atoms with Crippen molar-refractivity contribution in [2.75, 3.05) is 6.61 Å². The van der Waals surface area contributed by atoms with E-state index in [4.69, 9.17) is 0 Å². The molecule has 2 aromatic rings. The number of aryl methyl sites for hydroxylation is 1. The van der Waals surface area contributed by atoms with E-state index in [-0.39, 0.29) is 5.41 Å². The molecule has 0 unspecified atom stereocenters. The van der Waals surface area contributed by atoms with E-state index in [2.05, 4.69) is 31.2 Å². The van der Waals surface area contributed by atoms with Gasteiger partial charge in [0.05, 0.1) is 6.61 Å². The highest BCUT2D eigenvalue weighted by atomic mass is 32.1. The van der Waals surface area contributed by atoms with Crippen LogP contribution >= 0.6 is 11.3 Å². The molecule has 0 bridgehead atoms. The number of hydrogen-bond acceptors (Lipinski definition) is 2. The van der Waals surface area contributed by atoms with Crippen LogP contribution in [-0.2, 0) is 5.41 Å². The van der Waals surface area contributed by atoms with Gasteiger partial charge in [-0.3, -0.25) is 0 Å². The fourth-order valence-corrected chi connectivity index (χ4v) is 4.19. The number of rotatable bonds is 2. The van der Waals surface area contributed by atoms with Gasteiger partial charge in [-0.2, -0.15) is 0 Å². The Bertz CT molecular complexity index is 517. The van der Waals surface area contributed by atoms with Crippen LogP contribution in [0.4, 0.5) is 0 Å². The summed E-state index contributed by atoms with van der Waals surface area (Å²) in [4.78, 5) is 1.42. The first-order valence-electron chi connectivity index (χ1n) is 5.86. The Morgan fingerprint density at radius 1 is 1.31 bits per heavy atom. The van der Waals surface area contributed by atoms with Crippen molar-refractivity contribution in [3.8, 4) is 0 Å². The molecule has 84 valence electrons. The summed E-state index contributed by atoms with van der Waals surface area (Å²) in [5.41, 5.74) is 1.47. The monoisotopic (exact) mass is 232 g/mol. The van der Waals surface area contributed by atoms with Gasteiger partial charge in [-0.05, 0) is 36.8 Å². The van der Waals surface area contributed by atoms with Crippen LogP contribution in [0.25, 0.3) is 10.1 Å². The van der Waals surface area contributed by atoms with Gasteiger partial charge in [-0.1, -0.05) is 24.6 Å². The van der Waals surface area contributed by atoms with Crippen molar-refractivity contribution in [2.45, 2.75) is 31.6 Å². The molecular formula is C14H16OS. The zero-order valence-corrected chi connectivity index (χ0v) is 10.3. The zero-order valence-electron chi connectivity index (χ0n) is 9.49. The van der Waals surface area contributed by atoms with Crippen LogP contribution in [-0.4, -0.2) is 11.7 Å². The Morgan fingerprint density at radius 2 is 2.06 bits per heavy atom. The fourth-order valence-electron chi connectivity index (χ4n) is 2.74. The molecule has 0 amide bonds. The summed E-state index contributed by atoms with van der Waals surface area (Å²) in [7, 11) is 0. The molecule has 1 aliphatic carbocycles. The summed E-state index contributed by atoms with van der Waals surface area (Å²) >= 11 is 1.87. The minimum absolute atomic E-state index is 0.0910. The highest BCUT2D eigenvalue weighted by molar-refractivity contribution is 7.19. The van der Waals surface area contributed by atoms with Crippen LogP contribution in [0.15, 0.2) is 24.3 Å². The Morgan fingerprint density at radius 3 is 2.62 bits per heavy atom. The van der Waals surface area contributed by atoms with Gasteiger partial charge >= 0.3 is 0 Å². The average Bonchev–Trinajstić information content (AvgIpc) is 2.57. The van der Waals surface area contributed by atoms with Crippen LogP contribution in [0.3, 0.4) is 0 Å². The van der Waals surface area contributed by atoms with E-state index in [1.54, 1.807) is 0 Å². The van der Waals surface area contributed by atoms with Crippen molar-refractivity contribution in [1.82, 2.24) is 0 Å². The summed E-state index contributed by atoms with van der Waals surface area (Å²) in [6, 6.07) is 8.56. The molecule has 3 rings (SSSR count). The summed E-state index contributed by atoms with van der Waals surface area (Å²) in [6.45, 7) is 2.50. The van der Waals surface area contributed by atoms with Crippen molar-refractivity contribution in [3.05, 3.63) is 34.7 Å². The van der Waals surface area contributed by atoms with Crippen molar-refractivity contribution >= 4 is 21.4 Å². The third kappa shape index (κ3) is 1.26. The van der Waals surface area contributed by atoms with Gasteiger partial charge in [0, 0.05) is 15.0 Å². The summed E-state index contributed by atoms with van der Waals surface area (Å²) < 4.78 is 1.36. The van der Waals surface area contributed by atoms with E-state index in [1.807, 2.05) is 11.3 Å². The molecule has 2 heteroatoms. The van der Waals surface area contributed by atoms with Crippen molar-refractivity contribution < 1.29 is 5.11 Å². The number of thiophene rings is 1. The maximum Gasteiger partial charge on any atom is 0.0535 e. The molecule has 1 heterocycles. The second-order valence-corrected chi connectivity index (χ2v) is 5.90. The highest BCUT2D eigenvalue weighted by Crippen LogP contribution is 2.49. The molecule has 1 aromatic heterocycles. The van der Waals surface area contributed by atoms with Gasteiger partial charge in [0.15, 0.2) is 0 Å². The Labute approximate surface area is 99.7 Å². The van der Waals surface area contributed by atoms with E-state index >= 15 is 0 Å². The first kappa shape index (κ1) is 10.3. The lowest BCUT2D eigenvalue weighted by Gasteiger charge is -2.40. The lowest BCUT2D eigenvalue weighted by Crippen LogP contribution is -2.37. The smallest absolute Gasteiger partial charge is 0.0535 e. The Kier molecular flexibility index (Phi) is 2.30. The van der Waals surface area contributed by atoms with Crippen LogP contribution in [0.1, 0.15) is 29.7 Å². The summed E-state index contributed by atoms with van der Waals surface area (Å²) in [5, 5.41) is 11.0. The molecule has 1 N–H and O–H groups in total. The van der Waals surface area contributed by atoms with Crippen molar-refractivity contribution in [1.29, 1.82) is 0 Å². The second-order valence-electron chi connectivity index (χ2n) is 4.84. The van der Waals surface area contributed by atoms with Gasteiger partial charge in [0.25, 0.3) is 0 Å². The second kappa shape index (κ2) is 3.57. The number of hydrogen-bond donors (Lipinski definition) is 1. The molecular weight excluding hydrogens is 216 g/mol. The molecule has 1 saturated carbocycles. The topological polar surface area (TPSA) is 20.2 Å². The highest BCUT2D eigenvalue weighted by Gasteiger charge is 2.40. The van der Waals surface area contributed by atoms with Crippen LogP contribution in [0.2, 0.25) is 0 Å². The predicted molar refractivity (Wildman–Crippen MR) is 69.2 cm³/mol. The van der Waals surface area contributed by atoms with E-state index in [1.165, 1.54) is 26.9 Å². The largest absolute Gasteiger partial charge is 0.395 e. The molecule has 1 aromatic carbocycles. The first-order valence-corrected chi connectivity index (χ1v) is 6.68. The summed E-state index contributed by atoms with van der Waals surface area (Å²) in [5.74, 6) is 0. The number of fused-ring (bicyclic) bond motifs is 1. The zero-order chi connectivity index (χ0) is 11.2. The van der Waals surface area contributed by atoms with Crippen LogP contribution in [0.5, 0.6) is 0 Å². The lowest BCUT2D eigenvalue weighted by molar-refractivity contribution is 0.123. The van der Waals surface area contributed by atoms with Crippen LogP contribution < -0.4 is 0 Å². The molecule has 0 atom stereocenters. The third-order valence-electron chi connectivity index (χ3n) is 3.94. The summed E-state index contributed by atoms with van der Waals surface area (Å²) in [6.07, 6.45) is 3.56. The quantitative estimate of drug-likeness (QED) is 0.838. The van der Waals surface area contributed by atoms with E-state index < -0.39 is 0 Å². The van der Waals surface area contributed by atoms with Gasteiger partial charge in [-0.25, -0.2) is 0 Å². The van der Waals surface area contributed by atoms with Gasteiger partial charge < -0.3 is 5.11 Å². The maximum atomic E-state index is 9.65. The number of benzene rings is 1. The molecule has 1 aliphatic rings. The number of aliphatic hydroxyl groups excluding tert-OH is 1. The predicted octanol–water partition coefficient (Wildman–Crippen LogP) is 3.62. The molecule has 1 nitrogen and oxygen atoms in total. The van der Waals surface area contributed by atoms with E-state index in [0.717, 1.165) is 12.8 Å². The maximum absolute atomic E-state index is 9.65. The first-order chi connectivity index (χ1) is 7.77. The van der Waals surface area contributed by atoms with Gasteiger partial charge in [0.1, 0.15) is 0 Å². The molecule has 0 radical (unpaired) electrons. The number of aliphatic hydroxyl groups is 1. The lowest BCUT2D eigenvalue weighted by atomic mass is 9.67. The van der Waals surface area contributed by atoms with Crippen LogP contribution in [0, 0.1) is 6.92 Å². The Balaban J connectivity index is 2.20. The standard InChI is InChI=1S/C14H16OS/c1-10-11-5-2-3-6-12(11)16-13(10)14(9-15)7-4-8-14/h2-3,5-6,15H,4,7-9H2,1H3. The average molecular weight is 232 g/mol. The van der Waals surface area contributed by atoms with Crippen molar-refractivity contribution in [2.24, 2.45) is 0 Å².